The van der Waals surface area contributed by atoms with Crippen molar-refractivity contribution in [2.24, 2.45) is 0 Å². The van der Waals surface area contributed by atoms with Crippen LogP contribution in [0, 0.1) is 0 Å². The van der Waals surface area contributed by atoms with Crippen LogP contribution in [0.25, 0.3) is 22.2 Å². The summed E-state index contributed by atoms with van der Waals surface area (Å²) in [4.78, 5) is 8.51. The van der Waals surface area contributed by atoms with Crippen LogP contribution in [-0.4, -0.2) is 55.8 Å². The number of hydrogen-bond donors (Lipinski definition) is 0. The number of fused-ring (bicyclic) bond motifs is 1. The number of hydrogen-bond acceptors (Lipinski definition) is 9. The molecule has 2 aromatic heterocycles. The number of alkyl halides is 3. The van der Waals surface area contributed by atoms with Crippen molar-refractivity contribution < 1.29 is 41.4 Å². The third-order valence-corrected chi connectivity index (χ3v) is 5.17. The second-order valence-corrected chi connectivity index (χ2v) is 7.72. The van der Waals surface area contributed by atoms with Gasteiger partial charge in [0.2, 0.25) is 5.88 Å². The molecule has 196 valence electrons. The fraction of sp³-hybridized carbons (Fsp3) is 0.320. The van der Waals surface area contributed by atoms with Gasteiger partial charge in [-0.15, -0.1) is 0 Å². The van der Waals surface area contributed by atoms with E-state index in [1.807, 2.05) is 0 Å². The van der Waals surface area contributed by atoms with E-state index in [9.17, 15) is 13.2 Å². The lowest BCUT2D eigenvalue weighted by molar-refractivity contribution is -0.137. The molecule has 0 saturated carbocycles. The molecule has 0 bridgehead atoms. The molecular weight excluding hydrogens is 495 g/mol. The van der Waals surface area contributed by atoms with Crippen LogP contribution in [0.3, 0.4) is 0 Å². The van der Waals surface area contributed by atoms with Crippen molar-refractivity contribution in [1.82, 2.24) is 15.1 Å². The van der Waals surface area contributed by atoms with Crippen molar-refractivity contribution in [2.45, 2.75) is 12.8 Å². The van der Waals surface area contributed by atoms with Gasteiger partial charge in [0.1, 0.15) is 25.2 Å². The van der Waals surface area contributed by atoms with Crippen LogP contribution in [0.2, 0.25) is 0 Å². The van der Waals surface area contributed by atoms with Gasteiger partial charge in [-0.2, -0.15) is 13.2 Å². The molecule has 9 nitrogen and oxygen atoms in total. The number of halogens is 3. The van der Waals surface area contributed by atoms with Gasteiger partial charge in [-0.1, -0.05) is 17.3 Å². The van der Waals surface area contributed by atoms with Crippen molar-refractivity contribution in [2.75, 3.05) is 40.6 Å². The minimum absolute atomic E-state index is 0.0221. The van der Waals surface area contributed by atoms with E-state index < -0.39 is 11.7 Å². The maximum Gasteiger partial charge on any atom is 0.416 e. The quantitative estimate of drug-likeness (QED) is 0.241. The lowest BCUT2D eigenvalue weighted by Gasteiger charge is -2.14. The molecule has 0 atom stereocenters. The Balaban J connectivity index is 1.51. The Bertz CT molecular complexity index is 1310. The average molecular weight is 519 g/mol. The van der Waals surface area contributed by atoms with Crippen molar-refractivity contribution in [3.05, 3.63) is 60.1 Å². The molecule has 37 heavy (non-hydrogen) atoms. The molecule has 0 aliphatic heterocycles. The van der Waals surface area contributed by atoms with E-state index in [1.54, 1.807) is 32.4 Å². The van der Waals surface area contributed by atoms with Crippen LogP contribution in [-0.2, 0) is 22.3 Å². The van der Waals surface area contributed by atoms with Gasteiger partial charge in [-0.05, 0) is 18.2 Å². The highest BCUT2D eigenvalue weighted by atomic mass is 19.4. The van der Waals surface area contributed by atoms with Gasteiger partial charge < -0.3 is 28.2 Å². The van der Waals surface area contributed by atoms with Crippen molar-refractivity contribution in [3.8, 4) is 28.6 Å². The molecule has 4 rings (SSSR count). The number of methoxy groups -OCH3 is 2. The standard InChI is InChI=1S/C25H24F3N3O6/c1-32-7-9-34-22-12-19-21(13-23(22)35-10-8-33-2)29-15-30-24(19)36-14-18-11-20(31-37-18)16-3-5-17(6-4-16)25(26,27)28/h3-6,11-13,15H,7-10,14H2,1-2H3. The van der Waals surface area contributed by atoms with Gasteiger partial charge in [0, 0.05) is 31.9 Å². The Hall–Kier alpha value is -3.90. The Kier molecular flexibility index (Phi) is 8.41. The predicted molar refractivity (Wildman–Crippen MR) is 126 cm³/mol. The van der Waals surface area contributed by atoms with Crippen LogP contribution in [0.4, 0.5) is 13.2 Å². The third kappa shape index (κ3) is 6.66. The highest BCUT2D eigenvalue weighted by Crippen LogP contribution is 2.35. The lowest BCUT2D eigenvalue weighted by Crippen LogP contribution is -2.09. The summed E-state index contributed by atoms with van der Waals surface area (Å²) < 4.78 is 71.3. The van der Waals surface area contributed by atoms with E-state index in [2.05, 4.69) is 15.1 Å². The SMILES string of the molecule is COCCOc1cc2ncnc(OCc3cc(-c4ccc(C(F)(F)F)cc4)no3)c2cc1OCCOC. The first-order valence-electron chi connectivity index (χ1n) is 11.2. The fourth-order valence-electron chi connectivity index (χ4n) is 3.34. The third-order valence-electron chi connectivity index (χ3n) is 5.17. The number of aromatic nitrogens is 3. The van der Waals surface area contributed by atoms with Crippen LogP contribution in [0.15, 0.2) is 53.3 Å². The summed E-state index contributed by atoms with van der Waals surface area (Å²) in [6.07, 6.45) is -3.05. The van der Waals surface area contributed by atoms with Gasteiger partial charge >= 0.3 is 6.18 Å². The molecule has 0 unspecified atom stereocenters. The maximum absolute atomic E-state index is 12.8. The topological polar surface area (TPSA) is 98.0 Å². The summed E-state index contributed by atoms with van der Waals surface area (Å²) in [6, 6.07) is 9.68. The van der Waals surface area contributed by atoms with Gasteiger partial charge in [0.15, 0.2) is 23.9 Å². The van der Waals surface area contributed by atoms with Crippen molar-refractivity contribution in [1.29, 1.82) is 0 Å². The fourth-order valence-corrected chi connectivity index (χ4v) is 3.34. The Morgan fingerprint density at radius 3 is 2.14 bits per heavy atom. The van der Waals surface area contributed by atoms with E-state index in [1.165, 1.54) is 18.5 Å². The van der Waals surface area contributed by atoms with Gasteiger partial charge in [0.05, 0.1) is 29.7 Å². The van der Waals surface area contributed by atoms with E-state index in [0.29, 0.717) is 65.8 Å². The zero-order chi connectivity index (χ0) is 26.3. The largest absolute Gasteiger partial charge is 0.487 e. The monoisotopic (exact) mass is 519 g/mol. The molecule has 0 aliphatic rings. The van der Waals surface area contributed by atoms with Gasteiger partial charge in [-0.25, -0.2) is 9.97 Å². The van der Waals surface area contributed by atoms with Gasteiger partial charge in [0.25, 0.3) is 0 Å². The van der Waals surface area contributed by atoms with Crippen LogP contribution < -0.4 is 14.2 Å². The number of benzene rings is 2. The van der Waals surface area contributed by atoms with Crippen LogP contribution in [0.5, 0.6) is 17.4 Å². The molecule has 0 amide bonds. The summed E-state index contributed by atoms with van der Waals surface area (Å²) >= 11 is 0. The Labute approximate surface area is 210 Å². The van der Waals surface area contributed by atoms with Crippen molar-refractivity contribution in [3.63, 3.8) is 0 Å². The van der Waals surface area contributed by atoms with Crippen LogP contribution >= 0.6 is 0 Å². The van der Waals surface area contributed by atoms with Crippen molar-refractivity contribution >= 4 is 10.9 Å². The van der Waals surface area contributed by atoms with E-state index >= 15 is 0 Å². The highest BCUT2D eigenvalue weighted by Gasteiger charge is 2.30. The minimum atomic E-state index is -4.41. The summed E-state index contributed by atoms with van der Waals surface area (Å²) in [5.41, 5.74) is 0.692. The number of nitrogens with zero attached hydrogens (tertiary/aromatic N) is 3. The molecule has 2 heterocycles. The molecule has 2 aromatic carbocycles. The molecule has 12 heteroatoms. The highest BCUT2D eigenvalue weighted by molar-refractivity contribution is 5.86. The Morgan fingerprint density at radius 1 is 0.811 bits per heavy atom. The molecule has 0 spiro atoms. The summed E-state index contributed by atoms with van der Waals surface area (Å²) in [6.45, 7) is 1.39. The molecule has 0 aliphatic carbocycles. The summed E-state index contributed by atoms with van der Waals surface area (Å²) in [5.74, 6) is 1.58. The second kappa shape index (κ2) is 11.9. The normalized spacial score (nSPS) is 11.6. The molecule has 4 aromatic rings. The minimum Gasteiger partial charge on any atom is -0.487 e. The van der Waals surface area contributed by atoms with Gasteiger partial charge in [-0.3, -0.25) is 0 Å². The smallest absolute Gasteiger partial charge is 0.416 e. The molecule has 0 radical (unpaired) electrons. The second-order valence-electron chi connectivity index (χ2n) is 7.72. The molecule has 0 saturated heterocycles. The van der Waals surface area contributed by atoms with E-state index in [0.717, 1.165) is 12.1 Å². The molecule has 0 fully saturated rings. The Morgan fingerprint density at radius 2 is 1.49 bits per heavy atom. The van der Waals surface area contributed by atoms with E-state index in [-0.39, 0.29) is 12.5 Å². The lowest BCUT2D eigenvalue weighted by atomic mass is 10.1. The average Bonchev–Trinajstić information content (AvgIpc) is 3.36. The van der Waals surface area contributed by atoms with E-state index in [4.69, 9.17) is 28.2 Å². The zero-order valence-corrected chi connectivity index (χ0v) is 20.1. The van der Waals surface area contributed by atoms with Crippen LogP contribution in [0.1, 0.15) is 11.3 Å². The maximum atomic E-state index is 12.8. The molecular formula is C25H24F3N3O6. The number of ether oxygens (including phenoxy) is 5. The summed E-state index contributed by atoms with van der Waals surface area (Å²) in [7, 11) is 3.16. The zero-order valence-electron chi connectivity index (χ0n) is 20.1. The first kappa shape index (κ1) is 26.2. The summed E-state index contributed by atoms with van der Waals surface area (Å²) in [5, 5.41) is 4.51. The number of rotatable bonds is 12. The first-order chi connectivity index (χ1) is 17.9. The first-order valence-corrected chi connectivity index (χ1v) is 11.2. The molecule has 0 N–H and O–H groups in total. The predicted octanol–water partition coefficient (Wildman–Crippen LogP) is 4.93.